The number of fused-ring (bicyclic) bond motifs is 1. The first-order chi connectivity index (χ1) is 8.57. The van der Waals surface area contributed by atoms with Crippen molar-refractivity contribution in [3.8, 4) is 0 Å². The lowest BCUT2D eigenvalue weighted by atomic mass is 10.1. The molecule has 4 nitrogen and oxygen atoms in total. The summed E-state index contributed by atoms with van der Waals surface area (Å²) in [7, 11) is 0. The van der Waals surface area contributed by atoms with E-state index in [0.717, 1.165) is 39.1 Å². The van der Waals surface area contributed by atoms with Crippen LogP contribution in [0, 0.1) is 0 Å². The molecule has 18 heavy (non-hydrogen) atoms. The third kappa shape index (κ3) is 2.75. The van der Waals surface area contributed by atoms with Gasteiger partial charge in [-0.2, -0.15) is 0 Å². The van der Waals surface area contributed by atoms with Gasteiger partial charge in [-0.15, -0.1) is 0 Å². The number of imidazole rings is 1. The highest BCUT2D eigenvalue weighted by atomic mass is 16.5. The van der Waals surface area contributed by atoms with Gasteiger partial charge in [0.05, 0.1) is 17.8 Å². The molecule has 0 unspecified atom stereocenters. The number of nitrogens with one attached hydrogen (secondary N) is 1. The van der Waals surface area contributed by atoms with Gasteiger partial charge in [-0.25, -0.2) is 4.98 Å². The molecule has 4 heteroatoms. The SMILES string of the molecule is CCOC(C)(C)Cn1c(CC)nc2c1CCNC2. The molecule has 0 amide bonds. The maximum Gasteiger partial charge on any atom is 0.109 e. The molecule has 1 aromatic heterocycles. The van der Waals surface area contributed by atoms with Crippen molar-refractivity contribution in [1.29, 1.82) is 0 Å². The number of ether oxygens (including phenoxy) is 1. The molecule has 1 aliphatic heterocycles. The van der Waals surface area contributed by atoms with E-state index in [2.05, 4.69) is 37.6 Å². The molecule has 0 aliphatic carbocycles. The summed E-state index contributed by atoms with van der Waals surface area (Å²) in [6, 6.07) is 0. The molecule has 102 valence electrons. The molecule has 1 aliphatic rings. The largest absolute Gasteiger partial charge is 0.374 e. The Morgan fingerprint density at radius 1 is 1.39 bits per heavy atom. The summed E-state index contributed by atoms with van der Waals surface area (Å²) >= 11 is 0. The van der Waals surface area contributed by atoms with Crippen LogP contribution < -0.4 is 5.32 Å². The molecule has 1 N–H and O–H groups in total. The maximum absolute atomic E-state index is 5.83. The fourth-order valence-electron chi connectivity index (χ4n) is 2.70. The second kappa shape index (κ2) is 5.41. The molecule has 1 aromatic rings. The molecular formula is C14H25N3O. The molecule has 0 saturated carbocycles. The van der Waals surface area contributed by atoms with Crippen LogP contribution in [0.15, 0.2) is 0 Å². The molecule has 0 saturated heterocycles. The second-order valence-electron chi connectivity index (χ2n) is 5.48. The topological polar surface area (TPSA) is 39.1 Å². The number of aromatic nitrogens is 2. The lowest BCUT2D eigenvalue weighted by Crippen LogP contribution is -2.33. The van der Waals surface area contributed by atoms with Gasteiger partial charge in [0.1, 0.15) is 5.82 Å². The van der Waals surface area contributed by atoms with E-state index >= 15 is 0 Å². The fraction of sp³-hybridized carbons (Fsp3) is 0.786. The molecule has 0 aromatic carbocycles. The molecule has 0 radical (unpaired) electrons. The van der Waals surface area contributed by atoms with Crippen LogP contribution in [0.1, 0.15) is 44.9 Å². The zero-order valence-electron chi connectivity index (χ0n) is 12.0. The Kier molecular flexibility index (Phi) is 4.07. The average molecular weight is 251 g/mol. The number of aryl methyl sites for hydroxylation is 1. The lowest BCUT2D eigenvalue weighted by Gasteiger charge is -2.27. The molecular weight excluding hydrogens is 226 g/mol. The number of rotatable bonds is 5. The van der Waals surface area contributed by atoms with Crippen LogP contribution in [0.4, 0.5) is 0 Å². The summed E-state index contributed by atoms with van der Waals surface area (Å²) < 4.78 is 8.21. The number of hydrogen-bond acceptors (Lipinski definition) is 3. The minimum absolute atomic E-state index is 0.127. The summed E-state index contributed by atoms with van der Waals surface area (Å²) in [5, 5.41) is 3.39. The highest BCUT2D eigenvalue weighted by Gasteiger charge is 2.25. The third-order valence-corrected chi connectivity index (χ3v) is 3.46. The monoisotopic (exact) mass is 251 g/mol. The molecule has 0 bridgehead atoms. The minimum Gasteiger partial charge on any atom is -0.374 e. The van der Waals surface area contributed by atoms with E-state index in [0.29, 0.717) is 0 Å². The van der Waals surface area contributed by atoms with Gasteiger partial charge in [-0.3, -0.25) is 0 Å². The van der Waals surface area contributed by atoms with Crippen molar-refractivity contribution in [1.82, 2.24) is 14.9 Å². The van der Waals surface area contributed by atoms with E-state index in [-0.39, 0.29) is 5.60 Å². The minimum atomic E-state index is -0.127. The van der Waals surface area contributed by atoms with Gasteiger partial charge < -0.3 is 14.6 Å². The summed E-state index contributed by atoms with van der Waals surface area (Å²) in [5.74, 6) is 1.19. The first-order valence-corrected chi connectivity index (χ1v) is 6.99. The van der Waals surface area contributed by atoms with Gasteiger partial charge in [0.25, 0.3) is 0 Å². The van der Waals surface area contributed by atoms with Crippen LogP contribution in [0.5, 0.6) is 0 Å². The zero-order valence-corrected chi connectivity index (χ0v) is 12.0. The Balaban J connectivity index is 2.28. The standard InChI is InChI=1S/C14H25N3O/c1-5-13-16-11-9-15-8-7-12(11)17(13)10-14(3,4)18-6-2/h15H,5-10H2,1-4H3. The van der Waals surface area contributed by atoms with Crippen molar-refractivity contribution in [3.63, 3.8) is 0 Å². The Labute approximate surface area is 110 Å². The van der Waals surface area contributed by atoms with Crippen LogP contribution in [-0.2, 0) is 30.7 Å². The quantitative estimate of drug-likeness (QED) is 0.869. The summed E-state index contributed by atoms with van der Waals surface area (Å²) in [5.41, 5.74) is 2.50. The van der Waals surface area contributed by atoms with E-state index in [4.69, 9.17) is 9.72 Å². The van der Waals surface area contributed by atoms with E-state index in [9.17, 15) is 0 Å². The highest BCUT2D eigenvalue weighted by molar-refractivity contribution is 5.20. The first-order valence-electron chi connectivity index (χ1n) is 6.99. The van der Waals surface area contributed by atoms with Gasteiger partial charge in [0.2, 0.25) is 0 Å². The van der Waals surface area contributed by atoms with Crippen LogP contribution in [0.25, 0.3) is 0 Å². The van der Waals surface area contributed by atoms with Gasteiger partial charge in [0.15, 0.2) is 0 Å². The van der Waals surface area contributed by atoms with E-state index in [1.54, 1.807) is 0 Å². The fourth-order valence-corrected chi connectivity index (χ4v) is 2.70. The van der Waals surface area contributed by atoms with Gasteiger partial charge >= 0.3 is 0 Å². The highest BCUT2D eigenvalue weighted by Crippen LogP contribution is 2.21. The number of hydrogen-bond donors (Lipinski definition) is 1. The summed E-state index contributed by atoms with van der Waals surface area (Å²) in [6.07, 6.45) is 2.06. The predicted molar refractivity (Wildman–Crippen MR) is 72.7 cm³/mol. The average Bonchev–Trinajstić information content (AvgIpc) is 2.67. The van der Waals surface area contributed by atoms with Crippen molar-refractivity contribution in [2.75, 3.05) is 13.2 Å². The Morgan fingerprint density at radius 3 is 2.83 bits per heavy atom. The molecule has 0 atom stereocenters. The normalized spacial score (nSPS) is 15.8. The van der Waals surface area contributed by atoms with Gasteiger partial charge in [0, 0.05) is 38.2 Å². The smallest absolute Gasteiger partial charge is 0.109 e. The Hall–Kier alpha value is -0.870. The Bertz CT molecular complexity index is 409. The summed E-state index contributed by atoms with van der Waals surface area (Å²) in [6.45, 7) is 12.1. The van der Waals surface area contributed by atoms with Gasteiger partial charge in [-0.1, -0.05) is 6.92 Å². The molecule has 0 fully saturated rings. The van der Waals surface area contributed by atoms with E-state index in [1.165, 1.54) is 17.2 Å². The van der Waals surface area contributed by atoms with Crippen molar-refractivity contribution in [2.24, 2.45) is 0 Å². The van der Waals surface area contributed by atoms with Crippen LogP contribution in [0.2, 0.25) is 0 Å². The van der Waals surface area contributed by atoms with Crippen molar-refractivity contribution < 1.29 is 4.74 Å². The Morgan fingerprint density at radius 2 is 2.17 bits per heavy atom. The number of nitrogens with zero attached hydrogens (tertiary/aromatic N) is 2. The molecule has 0 spiro atoms. The summed E-state index contributed by atoms with van der Waals surface area (Å²) in [4.78, 5) is 4.76. The van der Waals surface area contributed by atoms with Gasteiger partial charge in [-0.05, 0) is 20.8 Å². The molecule has 2 heterocycles. The van der Waals surface area contributed by atoms with Crippen molar-refractivity contribution >= 4 is 0 Å². The third-order valence-electron chi connectivity index (χ3n) is 3.46. The molecule has 2 rings (SSSR count). The predicted octanol–water partition coefficient (Wildman–Crippen LogP) is 1.91. The van der Waals surface area contributed by atoms with Crippen LogP contribution in [-0.4, -0.2) is 28.3 Å². The van der Waals surface area contributed by atoms with E-state index in [1.807, 2.05) is 0 Å². The first kappa shape index (κ1) is 13.6. The zero-order chi connectivity index (χ0) is 13.2. The van der Waals surface area contributed by atoms with Crippen LogP contribution in [0.3, 0.4) is 0 Å². The maximum atomic E-state index is 5.83. The van der Waals surface area contributed by atoms with Crippen molar-refractivity contribution in [2.45, 2.75) is 59.2 Å². The lowest BCUT2D eigenvalue weighted by molar-refractivity contribution is -0.0233. The van der Waals surface area contributed by atoms with Crippen molar-refractivity contribution in [3.05, 3.63) is 17.2 Å². The van der Waals surface area contributed by atoms with E-state index < -0.39 is 0 Å². The van der Waals surface area contributed by atoms with Crippen LogP contribution >= 0.6 is 0 Å². The second-order valence-corrected chi connectivity index (χ2v) is 5.48.